The molecule has 1 aliphatic carbocycles. The van der Waals surface area contributed by atoms with Gasteiger partial charge < -0.3 is 14.8 Å². The topological polar surface area (TPSA) is 107 Å². The molecule has 4 rings (SSSR count). The predicted octanol–water partition coefficient (Wildman–Crippen LogP) is 3.92. The number of hydrogen-bond acceptors (Lipinski definition) is 10. The summed E-state index contributed by atoms with van der Waals surface area (Å²) < 4.78 is 11.3. The van der Waals surface area contributed by atoms with E-state index in [4.69, 9.17) is 9.47 Å². The number of nitrogens with zero attached hydrogens (tertiary/aromatic N) is 4. The van der Waals surface area contributed by atoms with Crippen LogP contribution in [0.5, 0.6) is 11.5 Å². The number of methoxy groups -OCH3 is 2. The second-order valence-electron chi connectivity index (χ2n) is 6.91. The molecule has 2 amide bonds. The molecule has 1 aliphatic rings. The summed E-state index contributed by atoms with van der Waals surface area (Å²) in [7, 11) is 3.18. The summed E-state index contributed by atoms with van der Waals surface area (Å²) in [5, 5.41) is 14.0. The van der Waals surface area contributed by atoms with Gasteiger partial charge in [0.1, 0.15) is 11.5 Å². The average Bonchev–Trinajstić information content (AvgIpc) is 3.31. The smallest absolute Gasteiger partial charge is 0.236 e. The van der Waals surface area contributed by atoms with Crippen molar-refractivity contribution in [2.75, 3.05) is 30.2 Å². The summed E-state index contributed by atoms with van der Waals surface area (Å²) in [6.07, 6.45) is 1.98. The molecule has 2 aromatic heterocycles. The van der Waals surface area contributed by atoms with Crippen LogP contribution in [-0.2, 0) is 9.59 Å². The van der Waals surface area contributed by atoms with Gasteiger partial charge in [0.25, 0.3) is 0 Å². The van der Waals surface area contributed by atoms with Crippen LogP contribution in [0, 0.1) is 0 Å². The van der Waals surface area contributed by atoms with Crippen LogP contribution in [0.3, 0.4) is 0 Å². The number of ether oxygens (including phenoxy) is 2. The molecular weight excluding hydrogens is 470 g/mol. The minimum atomic E-state index is -0.194. The molecule has 2 heterocycles. The van der Waals surface area contributed by atoms with Crippen molar-refractivity contribution in [3.05, 3.63) is 23.6 Å². The molecule has 1 saturated carbocycles. The Morgan fingerprint density at radius 3 is 2.75 bits per heavy atom. The molecule has 0 spiro atoms. The highest BCUT2D eigenvalue weighted by molar-refractivity contribution is 8.01. The summed E-state index contributed by atoms with van der Waals surface area (Å²) in [5.41, 5.74) is 1.52. The quantitative estimate of drug-likeness (QED) is 0.355. The van der Waals surface area contributed by atoms with Crippen LogP contribution in [-0.4, -0.2) is 53.0 Å². The molecular formula is C20H21N5O4S3. The SMILES string of the molecule is COc1ccc(-c2csc(NC(=O)CSc3nnc(N(C(C)=O)C4CC4)s3)n2)c(OC)c1. The number of amides is 2. The van der Waals surface area contributed by atoms with E-state index in [9.17, 15) is 9.59 Å². The van der Waals surface area contributed by atoms with Crippen molar-refractivity contribution in [2.24, 2.45) is 0 Å². The fourth-order valence-electron chi connectivity index (χ4n) is 2.99. The van der Waals surface area contributed by atoms with Crippen LogP contribution in [0.1, 0.15) is 19.8 Å². The van der Waals surface area contributed by atoms with Crippen molar-refractivity contribution in [3.63, 3.8) is 0 Å². The van der Waals surface area contributed by atoms with Gasteiger partial charge in [0.2, 0.25) is 16.9 Å². The van der Waals surface area contributed by atoms with E-state index in [1.165, 1.54) is 41.4 Å². The molecule has 0 atom stereocenters. The van der Waals surface area contributed by atoms with Crippen LogP contribution in [0.15, 0.2) is 27.9 Å². The monoisotopic (exact) mass is 491 g/mol. The van der Waals surface area contributed by atoms with E-state index in [2.05, 4.69) is 20.5 Å². The van der Waals surface area contributed by atoms with E-state index in [1.807, 2.05) is 17.5 Å². The number of aromatic nitrogens is 3. The van der Waals surface area contributed by atoms with Crippen LogP contribution in [0.25, 0.3) is 11.3 Å². The molecule has 0 radical (unpaired) electrons. The van der Waals surface area contributed by atoms with E-state index in [0.717, 1.165) is 18.4 Å². The number of benzene rings is 1. The zero-order valence-electron chi connectivity index (χ0n) is 17.7. The number of carbonyl (C=O) groups is 2. The molecule has 12 heteroatoms. The number of thiazole rings is 1. The molecule has 0 aliphatic heterocycles. The number of hydrogen-bond donors (Lipinski definition) is 1. The minimum absolute atomic E-state index is 0.0361. The van der Waals surface area contributed by atoms with Gasteiger partial charge in [-0.05, 0) is 25.0 Å². The first-order valence-corrected chi connectivity index (χ1v) is 12.4. The normalized spacial score (nSPS) is 13.0. The fourth-order valence-corrected chi connectivity index (χ4v) is 5.47. The van der Waals surface area contributed by atoms with Gasteiger partial charge in [0.05, 0.1) is 25.7 Å². The maximum absolute atomic E-state index is 12.4. The summed E-state index contributed by atoms with van der Waals surface area (Å²) in [5.74, 6) is 1.26. The highest BCUT2D eigenvalue weighted by atomic mass is 32.2. The third-order valence-corrected chi connectivity index (χ3v) is 7.43. The van der Waals surface area contributed by atoms with Crippen LogP contribution >= 0.6 is 34.4 Å². The van der Waals surface area contributed by atoms with Crippen molar-refractivity contribution in [1.29, 1.82) is 0 Å². The van der Waals surface area contributed by atoms with Crippen molar-refractivity contribution in [2.45, 2.75) is 30.1 Å². The molecule has 1 aromatic carbocycles. The summed E-state index contributed by atoms with van der Waals surface area (Å²) in [6, 6.07) is 5.72. The zero-order valence-corrected chi connectivity index (χ0v) is 20.1. The third kappa shape index (κ3) is 5.19. The van der Waals surface area contributed by atoms with Crippen LogP contribution < -0.4 is 19.7 Å². The van der Waals surface area contributed by atoms with Crippen molar-refractivity contribution in [1.82, 2.24) is 15.2 Å². The molecule has 3 aromatic rings. The second-order valence-corrected chi connectivity index (χ2v) is 9.95. The first-order valence-electron chi connectivity index (χ1n) is 9.72. The Bertz CT molecular complexity index is 1130. The van der Waals surface area contributed by atoms with Crippen molar-refractivity contribution in [3.8, 4) is 22.8 Å². The lowest BCUT2D eigenvalue weighted by Gasteiger charge is -2.15. The summed E-state index contributed by atoms with van der Waals surface area (Å²) >= 11 is 3.94. The van der Waals surface area contributed by atoms with Gasteiger partial charge in [-0.1, -0.05) is 23.1 Å². The van der Waals surface area contributed by atoms with Crippen molar-refractivity contribution < 1.29 is 19.1 Å². The molecule has 1 fully saturated rings. The zero-order chi connectivity index (χ0) is 22.7. The number of thioether (sulfide) groups is 1. The molecule has 32 heavy (non-hydrogen) atoms. The Hall–Kier alpha value is -2.70. The van der Waals surface area contributed by atoms with E-state index in [0.29, 0.717) is 31.8 Å². The Kier molecular flexibility index (Phi) is 6.92. The van der Waals surface area contributed by atoms with E-state index < -0.39 is 0 Å². The highest BCUT2D eigenvalue weighted by Gasteiger charge is 2.34. The molecule has 0 saturated heterocycles. The number of carbonyl (C=O) groups excluding carboxylic acids is 2. The Labute approximate surface area is 197 Å². The standard InChI is InChI=1S/C20H21N5O4S3/c1-11(26)25(12-4-5-12)19-23-24-20(32-19)31-10-17(27)22-18-21-15(9-30-18)14-7-6-13(28-2)8-16(14)29-3/h6-9,12H,4-5,10H2,1-3H3,(H,21,22,27). The second kappa shape index (κ2) is 9.84. The van der Waals surface area contributed by atoms with Gasteiger partial charge in [-0.25, -0.2) is 4.98 Å². The fraction of sp³-hybridized carbons (Fsp3) is 0.350. The lowest BCUT2D eigenvalue weighted by atomic mass is 10.1. The Morgan fingerprint density at radius 1 is 1.25 bits per heavy atom. The van der Waals surface area contributed by atoms with E-state index >= 15 is 0 Å². The van der Waals surface area contributed by atoms with Gasteiger partial charge in [-0.15, -0.1) is 21.5 Å². The lowest BCUT2D eigenvalue weighted by Crippen LogP contribution is -2.30. The van der Waals surface area contributed by atoms with Crippen molar-refractivity contribution >= 4 is 56.5 Å². The maximum atomic E-state index is 12.4. The van der Waals surface area contributed by atoms with Gasteiger partial charge in [0, 0.05) is 30.0 Å². The molecule has 1 N–H and O–H groups in total. The van der Waals surface area contributed by atoms with E-state index in [1.54, 1.807) is 25.2 Å². The first kappa shape index (κ1) is 22.5. The van der Waals surface area contributed by atoms with E-state index in [-0.39, 0.29) is 23.6 Å². The Morgan fingerprint density at radius 2 is 2.06 bits per heavy atom. The Balaban J connectivity index is 1.35. The largest absolute Gasteiger partial charge is 0.497 e. The summed E-state index contributed by atoms with van der Waals surface area (Å²) in [6.45, 7) is 1.53. The number of anilines is 2. The van der Waals surface area contributed by atoms with Gasteiger partial charge in [-0.2, -0.15) is 0 Å². The van der Waals surface area contributed by atoms with Gasteiger partial charge in [0.15, 0.2) is 9.47 Å². The maximum Gasteiger partial charge on any atom is 0.236 e. The van der Waals surface area contributed by atoms with Crippen LogP contribution in [0.4, 0.5) is 10.3 Å². The molecule has 0 unspecified atom stereocenters. The molecule has 168 valence electrons. The van der Waals surface area contributed by atoms with Gasteiger partial charge >= 0.3 is 0 Å². The molecule has 9 nitrogen and oxygen atoms in total. The molecule has 0 bridgehead atoms. The average molecular weight is 492 g/mol. The van der Waals surface area contributed by atoms with Crippen LogP contribution in [0.2, 0.25) is 0 Å². The first-order chi connectivity index (χ1) is 15.5. The minimum Gasteiger partial charge on any atom is -0.497 e. The highest BCUT2D eigenvalue weighted by Crippen LogP contribution is 2.36. The lowest BCUT2D eigenvalue weighted by molar-refractivity contribution is -0.116. The summed E-state index contributed by atoms with van der Waals surface area (Å²) in [4.78, 5) is 30.4. The number of rotatable bonds is 9. The van der Waals surface area contributed by atoms with Gasteiger partial charge in [-0.3, -0.25) is 14.5 Å². The predicted molar refractivity (Wildman–Crippen MR) is 126 cm³/mol. The number of nitrogens with one attached hydrogen (secondary N) is 1. The third-order valence-electron chi connectivity index (χ3n) is 4.62.